The number of carbonyl (C=O) groups excluding carboxylic acids is 1. The predicted octanol–water partition coefficient (Wildman–Crippen LogP) is 2.69. The van der Waals surface area contributed by atoms with Crippen molar-refractivity contribution in [3.05, 3.63) is 35.1 Å². The van der Waals surface area contributed by atoms with Crippen LogP contribution in [0.1, 0.15) is 30.4 Å². The summed E-state index contributed by atoms with van der Waals surface area (Å²) < 4.78 is 13.1. The molecule has 3 nitrogen and oxygen atoms in total. The standard InChI is InChI=1S/C15H15FN2OS/c16-12-2-1-10(11(7-12)8-17)9-20-14-5-6-18(15(14)19)13-3-4-13/h1-2,7,13-14H,3-6,9H2/t14-/m0/s1. The zero-order valence-electron chi connectivity index (χ0n) is 11.0. The monoisotopic (exact) mass is 290 g/mol. The molecule has 1 aromatic carbocycles. The van der Waals surface area contributed by atoms with Gasteiger partial charge in [-0.3, -0.25) is 4.79 Å². The number of amides is 1. The van der Waals surface area contributed by atoms with Gasteiger partial charge >= 0.3 is 0 Å². The van der Waals surface area contributed by atoms with E-state index < -0.39 is 5.82 Å². The molecule has 104 valence electrons. The van der Waals surface area contributed by atoms with Crippen LogP contribution in [-0.4, -0.2) is 28.6 Å². The first-order valence-electron chi connectivity index (χ1n) is 6.79. The highest BCUT2D eigenvalue weighted by molar-refractivity contribution is 7.99. The molecule has 1 saturated carbocycles. The lowest BCUT2D eigenvalue weighted by Gasteiger charge is -2.15. The second-order valence-electron chi connectivity index (χ2n) is 5.26. The van der Waals surface area contributed by atoms with Gasteiger partial charge in [-0.25, -0.2) is 4.39 Å². The van der Waals surface area contributed by atoms with Gasteiger partial charge in [-0.1, -0.05) is 6.07 Å². The SMILES string of the molecule is N#Cc1cc(F)ccc1CS[C@H]1CCN(C2CC2)C1=O. The van der Waals surface area contributed by atoms with Crippen molar-refractivity contribution < 1.29 is 9.18 Å². The van der Waals surface area contributed by atoms with Crippen LogP contribution in [0.25, 0.3) is 0 Å². The van der Waals surface area contributed by atoms with Gasteiger partial charge in [0.2, 0.25) is 5.91 Å². The van der Waals surface area contributed by atoms with E-state index in [0.29, 0.717) is 17.4 Å². The molecule has 3 rings (SSSR count). The molecule has 1 saturated heterocycles. The van der Waals surface area contributed by atoms with Crippen LogP contribution in [0.2, 0.25) is 0 Å². The summed E-state index contributed by atoms with van der Waals surface area (Å²) in [5.41, 5.74) is 1.17. The highest BCUT2D eigenvalue weighted by atomic mass is 32.2. The van der Waals surface area contributed by atoms with Gasteiger partial charge in [-0.2, -0.15) is 5.26 Å². The van der Waals surface area contributed by atoms with Crippen molar-refractivity contribution in [3.8, 4) is 6.07 Å². The molecule has 2 aliphatic rings. The topological polar surface area (TPSA) is 44.1 Å². The summed E-state index contributed by atoms with van der Waals surface area (Å²) in [6, 6.07) is 6.75. The van der Waals surface area contributed by atoms with E-state index >= 15 is 0 Å². The van der Waals surface area contributed by atoms with Crippen LogP contribution < -0.4 is 0 Å². The van der Waals surface area contributed by atoms with Crippen molar-refractivity contribution in [3.63, 3.8) is 0 Å². The fourth-order valence-electron chi connectivity index (χ4n) is 2.55. The summed E-state index contributed by atoms with van der Waals surface area (Å²) in [5, 5.41) is 9.00. The Morgan fingerprint density at radius 3 is 2.90 bits per heavy atom. The van der Waals surface area contributed by atoms with Gasteiger partial charge in [0.1, 0.15) is 5.82 Å². The van der Waals surface area contributed by atoms with Crippen molar-refractivity contribution in [2.24, 2.45) is 0 Å². The molecule has 0 N–H and O–H groups in total. The number of hydrogen-bond donors (Lipinski definition) is 0. The number of nitriles is 1. The first-order valence-corrected chi connectivity index (χ1v) is 7.84. The minimum absolute atomic E-state index is 0.00723. The molecule has 1 atom stereocenters. The second-order valence-corrected chi connectivity index (χ2v) is 6.46. The maximum absolute atomic E-state index is 13.1. The minimum Gasteiger partial charge on any atom is -0.339 e. The van der Waals surface area contributed by atoms with Crippen molar-refractivity contribution in [2.45, 2.75) is 36.3 Å². The number of thioether (sulfide) groups is 1. The van der Waals surface area contributed by atoms with E-state index in [4.69, 9.17) is 5.26 Å². The van der Waals surface area contributed by atoms with E-state index in [2.05, 4.69) is 0 Å². The van der Waals surface area contributed by atoms with E-state index in [9.17, 15) is 9.18 Å². The van der Waals surface area contributed by atoms with Gasteiger partial charge < -0.3 is 4.90 Å². The largest absolute Gasteiger partial charge is 0.339 e. The zero-order chi connectivity index (χ0) is 14.1. The van der Waals surface area contributed by atoms with Crippen molar-refractivity contribution in [1.29, 1.82) is 5.26 Å². The molecule has 20 heavy (non-hydrogen) atoms. The molecule has 2 fully saturated rings. The molecule has 0 bridgehead atoms. The van der Waals surface area contributed by atoms with Gasteiger partial charge in [0.15, 0.2) is 0 Å². The number of nitrogens with zero attached hydrogens (tertiary/aromatic N) is 2. The molecule has 1 aromatic rings. The Labute approximate surface area is 121 Å². The van der Waals surface area contributed by atoms with Crippen LogP contribution >= 0.6 is 11.8 Å². The summed E-state index contributed by atoms with van der Waals surface area (Å²) in [5.74, 6) is 0.420. The fourth-order valence-corrected chi connectivity index (χ4v) is 3.73. The van der Waals surface area contributed by atoms with Crippen LogP contribution in [0.3, 0.4) is 0 Å². The van der Waals surface area contributed by atoms with E-state index in [1.165, 1.54) is 12.1 Å². The predicted molar refractivity (Wildman–Crippen MR) is 75.6 cm³/mol. The Hall–Kier alpha value is -1.54. The number of halogens is 1. The lowest BCUT2D eigenvalue weighted by Crippen LogP contribution is -2.30. The molecular weight excluding hydrogens is 275 g/mol. The Kier molecular flexibility index (Phi) is 3.66. The van der Waals surface area contributed by atoms with E-state index in [1.54, 1.807) is 17.8 Å². The van der Waals surface area contributed by atoms with Gasteiger partial charge in [0.25, 0.3) is 0 Å². The lowest BCUT2D eigenvalue weighted by molar-refractivity contribution is -0.127. The van der Waals surface area contributed by atoms with Crippen molar-refractivity contribution >= 4 is 17.7 Å². The van der Waals surface area contributed by atoms with E-state index in [-0.39, 0.29) is 11.2 Å². The Bertz CT molecular complexity index is 580. The van der Waals surface area contributed by atoms with E-state index in [0.717, 1.165) is 31.4 Å². The normalized spacial score (nSPS) is 22.1. The lowest BCUT2D eigenvalue weighted by atomic mass is 10.1. The van der Waals surface area contributed by atoms with Crippen LogP contribution in [-0.2, 0) is 10.5 Å². The molecule has 0 unspecified atom stereocenters. The third-order valence-corrected chi connectivity index (χ3v) is 5.13. The third kappa shape index (κ3) is 2.66. The highest BCUT2D eigenvalue weighted by Gasteiger charge is 2.40. The highest BCUT2D eigenvalue weighted by Crippen LogP contribution is 2.35. The minimum atomic E-state index is -0.396. The van der Waals surface area contributed by atoms with Crippen molar-refractivity contribution in [2.75, 3.05) is 6.54 Å². The van der Waals surface area contributed by atoms with Gasteiger partial charge in [-0.15, -0.1) is 11.8 Å². The fraction of sp³-hybridized carbons (Fsp3) is 0.467. The smallest absolute Gasteiger partial charge is 0.236 e. The molecule has 5 heteroatoms. The van der Waals surface area contributed by atoms with Crippen LogP contribution in [0, 0.1) is 17.1 Å². The van der Waals surface area contributed by atoms with Crippen LogP contribution in [0.15, 0.2) is 18.2 Å². The number of carbonyl (C=O) groups is 1. The van der Waals surface area contributed by atoms with Crippen LogP contribution in [0.5, 0.6) is 0 Å². The second kappa shape index (κ2) is 5.45. The number of likely N-dealkylation sites (tertiary alicyclic amines) is 1. The number of rotatable bonds is 4. The summed E-state index contributed by atoms with van der Waals surface area (Å²) in [6.07, 6.45) is 3.16. The molecule has 1 amide bonds. The summed E-state index contributed by atoms with van der Waals surface area (Å²) >= 11 is 1.56. The maximum Gasteiger partial charge on any atom is 0.236 e. The Morgan fingerprint density at radius 2 is 2.20 bits per heavy atom. The quantitative estimate of drug-likeness (QED) is 0.856. The molecular formula is C15H15FN2OS. The first kappa shape index (κ1) is 13.4. The maximum atomic E-state index is 13.1. The zero-order valence-corrected chi connectivity index (χ0v) is 11.8. The summed E-state index contributed by atoms with van der Waals surface area (Å²) in [7, 11) is 0. The van der Waals surface area contributed by atoms with Crippen LogP contribution in [0.4, 0.5) is 4.39 Å². The average molecular weight is 290 g/mol. The summed E-state index contributed by atoms with van der Waals surface area (Å²) in [4.78, 5) is 14.2. The average Bonchev–Trinajstić information content (AvgIpc) is 3.22. The molecule has 0 radical (unpaired) electrons. The van der Waals surface area contributed by atoms with Gasteiger partial charge in [0.05, 0.1) is 16.9 Å². The molecule has 1 aliphatic carbocycles. The third-order valence-electron chi connectivity index (χ3n) is 3.81. The molecule has 1 heterocycles. The van der Waals surface area contributed by atoms with Crippen molar-refractivity contribution in [1.82, 2.24) is 4.90 Å². The van der Waals surface area contributed by atoms with Gasteiger partial charge in [0, 0.05) is 18.3 Å². The molecule has 0 spiro atoms. The Morgan fingerprint density at radius 1 is 1.40 bits per heavy atom. The molecule has 0 aromatic heterocycles. The van der Waals surface area contributed by atoms with Gasteiger partial charge in [-0.05, 0) is 37.0 Å². The molecule has 1 aliphatic heterocycles. The Balaban J connectivity index is 1.63. The number of benzene rings is 1. The summed E-state index contributed by atoms with van der Waals surface area (Å²) in [6.45, 7) is 0.857. The first-order chi connectivity index (χ1) is 9.69. The number of hydrogen-bond acceptors (Lipinski definition) is 3. The van der Waals surface area contributed by atoms with E-state index in [1.807, 2.05) is 11.0 Å².